The quantitative estimate of drug-likeness (QED) is 0.270. The van der Waals surface area contributed by atoms with Crippen molar-refractivity contribution in [1.82, 2.24) is 10.2 Å². The molecule has 0 bridgehead atoms. The second kappa shape index (κ2) is 11.6. The van der Waals surface area contributed by atoms with Crippen LogP contribution in [0.3, 0.4) is 0 Å². The molecule has 206 valence electrons. The second-order valence-corrected chi connectivity index (χ2v) is 11.0. The smallest absolute Gasteiger partial charge is 0.266 e. The van der Waals surface area contributed by atoms with Crippen molar-refractivity contribution in [3.63, 3.8) is 0 Å². The van der Waals surface area contributed by atoms with Gasteiger partial charge in [-0.2, -0.15) is 5.26 Å². The van der Waals surface area contributed by atoms with Crippen LogP contribution in [0.5, 0.6) is 5.75 Å². The third-order valence-corrected chi connectivity index (χ3v) is 8.95. The van der Waals surface area contributed by atoms with Crippen molar-refractivity contribution >= 4 is 33.0 Å². The molecule has 4 aromatic rings. The van der Waals surface area contributed by atoms with E-state index in [1.807, 2.05) is 37.4 Å². The van der Waals surface area contributed by atoms with Gasteiger partial charge in [-0.3, -0.25) is 4.79 Å². The van der Waals surface area contributed by atoms with Crippen LogP contribution in [0.15, 0.2) is 54.6 Å². The average molecular weight is 561 g/mol. The summed E-state index contributed by atoms with van der Waals surface area (Å²) in [4.78, 5) is 16.1. The number of carbonyl (C=O) groups excluding carboxylic acids is 1. The molecule has 1 fully saturated rings. The van der Waals surface area contributed by atoms with Crippen molar-refractivity contribution in [2.75, 3.05) is 19.9 Å². The number of thiophene rings is 1. The number of benzene rings is 3. The van der Waals surface area contributed by atoms with Gasteiger partial charge in [-0.05, 0) is 80.3 Å². The molecule has 9 heteroatoms. The minimum Gasteiger partial charge on any atom is -0.496 e. The summed E-state index contributed by atoms with van der Waals surface area (Å²) in [7, 11) is 3.52. The van der Waals surface area contributed by atoms with Crippen LogP contribution in [0, 0.1) is 23.0 Å². The van der Waals surface area contributed by atoms with Gasteiger partial charge in [-0.1, -0.05) is 18.2 Å². The molecule has 1 amide bonds. The fraction of sp³-hybridized carbons (Fsp3) is 0.290. The van der Waals surface area contributed by atoms with Crippen molar-refractivity contribution in [2.45, 2.75) is 44.3 Å². The highest BCUT2D eigenvalue weighted by Gasteiger charge is 2.33. The normalized spacial score (nSPS) is 17.0. The SMILES string of the molecule is CN[C@H]1CC[C@H](N(Cc2cc(-c3ccc(C#N)cc3)ccc2OC)C(=O)c2sc3c(F)ccc(F)c3c2N)CC1. The molecule has 1 heterocycles. The van der Waals surface area contributed by atoms with Crippen molar-refractivity contribution in [3.8, 4) is 22.9 Å². The third-order valence-electron chi connectivity index (χ3n) is 7.75. The number of ether oxygens (including phenoxy) is 1. The number of hydrogen-bond donors (Lipinski definition) is 2. The molecule has 0 saturated heterocycles. The Balaban J connectivity index is 1.55. The van der Waals surface area contributed by atoms with E-state index in [0.29, 0.717) is 17.4 Å². The van der Waals surface area contributed by atoms with Gasteiger partial charge in [-0.15, -0.1) is 11.3 Å². The zero-order valence-corrected chi connectivity index (χ0v) is 23.2. The molecule has 1 aliphatic carbocycles. The minimum absolute atomic E-state index is 0.0331. The second-order valence-electron chi connectivity index (χ2n) is 10.0. The summed E-state index contributed by atoms with van der Waals surface area (Å²) < 4.78 is 34.9. The lowest BCUT2D eigenvalue weighted by Crippen LogP contribution is -2.44. The summed E-state index contributed by atoms with van der Waals surface area (Å²) in [5.74, 6) is -0.983. The molecule has 0 radical (unpaired) electrons. The first-order chi connectivity index (χ1) is 19.3. The zero-order valence-electron chi connectivity index (χ0n) is 22.3. The van der Waals surface area contributed by atoms with Crippen LogP contribution in [0.4, 0.5) is 14.5 Å². The molecule has 0 aliphatic heterocycles. The van der Waals surface area contributed by atoms with Gasteiger partial charge in [0.1, 0.15) is 22.3 Å². The highest BCUT2D eigenvalue weighted by Crippen LogP contribution is 2.39. The largest absolute Gasteiger partial charge is 0.496 e. The van der Waals surface area contributed by atoms with Gasteiger partial charge in [0.25, 0.3) is 5.91 Å². The van der Waals surface area contributed by atoms with Crippen molar-refractivity contribution in [3.05, 3.63) is 82.2 Å². The first kappa shape index (κ1) is 27.6. The Morgan fingerprint density at radius 3 is 2.38 bits per heavy atom. The monoisotopic (exact) mass is 560 g/mol. The first-order valence-electron chi connectivity index (χ1n) is 13.2. The molecule has 0 atom stereocenters. The number of nitrogens with one attached hydrogen (secondary N) is 1. The number of rotatable bonds is 7. The molecular formula is C31H30F2N4O2S. The molecule has 6 nitrogen and oxygen atoms in total. The van der Waals surface area contributed by atoms with Gasteiger partial charge in [0.2, 0.25) is 0 Å². The minimum atomic E-state index is -0.651. The molecule has 3 aromatic carbocycles. The Morgan fingerprint density at radius 1 is 1.07 bits per heavy atom. The Labute approximate surface area is 236 Å². The van der Waals surface area contributed by atoms with Crippen LogP contribution >= 0.6 is 11.3 Å². The molecule has 3 N–H and O–H groups in total. The van der Waals surface area contributed by atoms with Crippen molar-refractivity contribution < 1.29 is 18.3 Å². The maximum Gasteiger partial charge on any atom is 0.266 e. The van der Waals surface area contributed by atoms with Crippen LogP contribution in [-0.4, -0.2) is 37.0 Å². The van der Waals surface area contributed by atoms with Gasteiger partial charge in [0.05, 0.1) is 34.5 Å². The van der Waals surface area contributed by atoms with Gasteiger partial charge < -0.3 is 20.7 Å². The predicted molar refractivity (Wildman–Crippen MR) is 154 cm³/mol. The number of anilines is 1. The summed E-state index contributed by atoms with van der Waals surface area (Å²) in [6, 6.07) is 17.6. The van der Waals surface area contributed by atoms with Crippen molar-refractivity contribution in [1.29, 1.82) is 5.26 Å². The van der Waals surface area contributed by atoms with E-state index in [9.17, 15) is 13.6 Å². The van der Waals surface area contributed by atoms with E-state index in [2.05, 4.69) is 11.4 Å². The van der Waals surface area contributed by atoms with Crippen LogP contribution in [0.2, 0.25) is 0 Å². The Bertz CT molecular complexity index is 1590. The van der Waals surface area contributed by atoms with Gasteiger partial charge in [-0.25, -0.2) is 8.78 Å². The van der Waals surface area contributed by atoms with Crippen LogP contribution in [0.1, 0.15) is 46.5 Å². The van der Waals surface area contributed by atoms with E-state index < -0.39 is 11.6 Å². The van der Waals surface area contributed by atoms with Gasteiger partial charge in [0.15, 0.2) is 0 Å². The molecule has 40 heavy (non-hydrogen) atoms. The number of methoxy groups -OCH3 is 1. The van der Waals surface area contributed by atoms with E-state index >= 15 is 0 Å². The lowest BCUT2D eigenvalue weighted by Gasteiger charge is -2.37. The number of fused-ring (bicyclic) bond motifs is 1. The summed E-state index contributed by atoms with van der Waals surface area (Å²) in [5, 5.41) is 12.4. The van der Waals surface area contributed by atoms with Gasteiger partial charge >= 0.3 is 0 Å². The van der Waals surface area contributed by atoms with Crippen LogP contribution in [0.25, 0.3) is 21.2 Å². The van der Waals surface area contributed by atoms with E-state index in [1.54, 1.807) is 24.1 Å². The number of nitrogens with zero attached hydrogens (tertiary/aromatic N) is 2. The average Bonchev–Trinajstić information content (AvgIpc) is 3.35. The van der Waals surface area contributed by atoms with Crippen molar-refractivity contribution in [2.24, 2.45) is 0 Å². The number of halogens is 2. The summed E-state index contributed by atoms with van der Waals surface area (Å²) in [6.45, 7) is 0.236. The first-order valence-corrected chi connectivity index (χ1v) is 14.0. The maximum absolute atomic E-state index is 14.6. The predicted octanol–water partition coefficient (Wildman–Crippen LogP) is 6.48. The summed E-state index contributed by atoms with van der Waals surface area (Å²) in [5.41, 5.74) is 9.47. The number of nitrogens with two attached hydrogens (primary N) is 1. The molecule has 0 spiro atoms. The zero-order chi connectivity index (χ0) is 28.4. The molecule has 5 rings (SSSR count). The van der Waals surface area contributed by atoms with Gasteiger partial charge in [0, 0.05) is 24.2 Å². The number of amides is 1. The van der Waals surface area contributed by atoms with E-state index in [-0.39, 0.29) is 39.1 Å². The Kier molecular flexibility index (Phi) is 8.01. The number of nitriles is 1. The van der Waals surface area contributed by atoms with E-state index in [4.69, 9.17) is 15.7 Å². The van der Waals surface area contributed by atoms with E-state index in [0.717, 1.165) is 65.8 Å². The lowest BCUT2D eigenvalue weighted by molar-refractivity contribution is 0.0605. The molecular weight excluding hydrogens is 530 g/mol. The van der Waals surface area contributed by atoms with Crippen LogP contribution < -0.4 is 15.8 Å². The standard InChI is InChI=1S/C31H30F2N4O2S/c1-36-22-8-10-23(11-9-22)37(31(38)30-28(35)27-24(32)12-13-25(33)29(27)40-30)17-21-15-20(7-14-26(21)39-2)19-5-3-18(16-34)4-6-19/h3-7,12-15,22-23,36H,8-11,17,35H2,1-2H3/t22-,23-. The molecule has 1 saturated carbocycles. The highest BCUT2D eigenvalue weighted by atomic mass is 32.1. The fourth-order valence-corrected chi connectivity index (χ4v) is 6.58. The lowest BCUT2D eigenvalue weighted by atomic mass is 9.89. The molecule has 1 aliphatic rings. The van der Waals surface area contributed by atoms with E-state index in [1.165, 1.54) is 0 Å². The fourth-order valence-electron chi connectivity index (χ4n) is 5.49. The highest BCUT2D eigenvalue weighted by molar-refractivity contribution is 7.21. The summed E-state index contributed by atoms with van der Waals surface area (Å²) in [6.07, 6.45) is 3.36. The Hall–Kier alpha value is -4.00. The third kappa shape index (κ3) is 5.25. The molecule has 0 unspecified atom stereocenters. The Morgan fingerprint density at radius 2 is 1.75 bits per heavy atom. The number of nitrogen functional groups attached to an aromatic ring is 1. The summed E-state index contributed by atoms with van der Waals surface area (Å²) >= 11 is 0.893. The number of carbonyl (C=O) groups is 1. The molecule has 1 aromatic heterocycles. The number of hydrogen-bond acceptors (Lipinski definition) is 6. The van der Waals surface area contributed by atoms with Crippen LogP contribution in [-0.2, 0) is 6.54 Å². The maximum atomic E-state index is 14.6. The topological polar surface area (TPSA) is 91.4 Å².